The molecule has 5 rings (SSSR count). The third kappa shape index (κ3) is 3.25. The van der Waals surface area contributed by atoms with Crippen LogP contribution in [0.25, 0.3) is 0 Å². The van der Waals surface area contributed by atoms with Gasteiger partial charge < -0.3 is 10.4 Å². The predicted molar refractivity (Wildman–Crippen MR) is 121 cm³/mol. The zero-order valence-electron chi connectivity index (χ0n) is 19.6. The van der Waals surface area contributed by atoms with E-state index in [0.29, 0.717) is 10.8 Å². The molecule has 5 aliphatic rings. The molecule has 0 bridgehead atoms. The van der Waals surface area contributed by atoms with E-state index >= 15 is 0 Å². The first kappa shape index (κ1) is 20.8. The SMILES string of the molecule is CC1CCC(C(C)C2CCC3C4CCC5CC(O)CCC5(C)C4CCC23C)NC1. The molecule has 0 aromatic rings. The van der Waals surface area contributed by atoms with Gasteiger partial charge in [0.25, 0.3) is 0 Å². The van der Waals surface area contributed by atoms with Crippen LogP contribution in [0.2, 0.25) is 0 Å². The summed E-state index contributed by atoms with van der Waals surface area (Å²) in [5.74, 6) is 6.31. The third-order valence-corrected chi connectivity index (χ3v) is 11.7. The highest BCUT2D eigenvalue weighted by Crippen LogP contribution is 2.68. The van der Waals surface area contributed by atoms with Crippen LogP contribution in [0.5, 0.6) is 0 Å². The first-order valence-electron chi connectivity index (χ1n) is 13.2. The summed E-state index contributed by atoms with van der Waals surface area (Å²) in [7, 11) is 0. The lowest BCUT2D eigenvalue weighted by atomic mass is 9.44. The molecule has 1 heterocycles. The van der Waals surface area contributed by atoms with Crippen molar-refractivity contribution in [1.29, 1.82) is 0 Å². The van der Waals surface area contributed by atoms with E-state index in [1.165, 1.54) is 64.3 Å². The van der Waals surface area contributed by atoms with E-state index in [2.05, 4.69) is 33.0 Å². The van der Waals surface area contributed by atoms with Crippen LogP contribution in [-0.2, 0) is 0 Å². The molecule has 2 nitrogen and oxygen atoms in total. The minimum Gasteiger partial charge on any atom is -0.393 e. The van der Waals surface area contributed by atoms with Crippen LogP contribution in [0.15, 0.2) is 0 Å². The zero-order valence-corrected chi connectivity index (χ0v) is 19.6. The molecule has 0 radical (unpaired) electrons. The molecule has 29 heavy (non-hydrogen) atoms. The van der Waals surface area contributed by atoms with E-state index in [1.807, 2.05) is 0 Å². The fourth-order valence-electron chi connectivity index (χ4n) is 9.89. The summed E-state index contributed by atoms with van der Waals surface area (Å²) in [4.78, 5) is 0. The first-order valence-corrected chi connectivity index (χ1v) is 13.2. The monoisotopic (exact) mass is 401 g/mol. The van der Waals surface area contributed by atoms with Gasteiger partial charge in [0.05, 0.1) is 6.10 Å². The third-order valence-electron chi connectivity index (χ3n) is 11.7. The van der Waals surface area contributed by atoms with E-state index < -0.39 is 0 Å². The summed E-state index contributed by atoms with van der Waals surface area (Å²) < 4.78 is 0. The van der Waals surface area contributed by atoms with Gasteiger partial charge in [0.1, 0.15) is 0 Å². The van der Waals surface area contributed by atoms with Crippen molar-refractivity contribution in [3.63, 3.8) is 0 Å². The van der Waals surface area contributed by atoms with Crippen LogP contribution in [-0.4, -0.2) is 23.8 Å². The Morgan fingerprint density at radius 1 is 0.862 bits per heavy atom. The Kier molecular flexibility index (Phi) is 5.38. The Morgan fingerprint density at radius 2 is 1.62 bits per heavy atom. The largest absolute Gasteiger partial charge is 0.393 e. The average Bonchev–Trinajstić information content (AvgIpc) is 3.06. The molecule has 1 saturated heterocycles. The quantitative estimate of drug-likeness (QED) is 0.592. The highest BCUT2D eigenvalue weighted by molar-refractivity contribution is 5.10. The summed E-state index contributed by atoms with van der Waals surface area (Å²) in [6.45, 7) is 11.6. The Morgan fingerprint density at radius 3 is 2.38 bits per heavy atom. The van der Waals surface area contributed by atoms with Crippen LogP contribution in [0, 0.1) is 52.3 Å². The summed E-state index contributed by atoms with van der Waals surface area (Å²) in [5.41, 5.74) is 1.11. The van der Waals surface area contributed by atoms with Crippen LogP contribution in [0.4, 0.5) is 0 Å². The van der Waals surface area contributed by atoms with Gasteiger partial charge in [-0.15, -0.1) is 0 Å². The van der Waals surface area contributed by atoms with Crippen LogP contribution in [0.1, 0.15) is 98.3 Å². The molecular formula is C27H47NO. The van der Waals surface area contributed by atoms with Gasteiger partial charge in [-0.2, -0.15) is 0 Å². The van der Waals surface area contributed by atoms with Gasteiger partial charge in [-0.3, -0.25) is 0 Å². The lowest BCUT2D eigenvalue weighted by molar-refractivity contribution is -0.130. The topological polar surface area (TPSA) is 32.3 Å². The summed E-state index contributed by atoms with van der Waals surface area (Å²) in [6, 6.07) is 0.762. The molecule has 166 valence electrons. The molecule has 11 unspecified atom stereocenters. The Bertz CT molecular complexity index is 597. The molecular weight excluding hydrogens is 354 g/mol. The normalized spacial score (nSPS) is 56.2. The maximum atomic E-state index is 10.3. The molecule has 0 spiro atoms. The van der Waals surface area contributed by atoms with E-state index in [0.717, 1.165) is 60.3 Å². The highest BCUT2D eigenvalue weighted by Gasteiger charge is 2.60. The molecule has 0 aromatic heterocycles. The highest BCUT2D eigenvalue weighted by atomic mass is 16.3. The second-order valence-corrected chi connectivity index (χ2v) is 12.9. The number of aliphatic hydroxyl groups excluding tert-OH is 1. The molecule has 2 heteroatoms. The van der Waals surface area contributed by atoms with Gasteiger partial charge in [0.15, 0.2) is 0 Å². The predicted octanol–water partition coefficient (Wildman–Crippen LogP) is 6.03. The van der Waals surface area contributed by atoms with Crippen molar-refractivity contribution in [1.82, 2.24) is 5.32 Å². The lowest BCUT2D eigenvalue weighted by Crippen LogP contribution is -2.55. The van der Waals surface area contributed by atoms with Gasteiger partial charge in [-0.05, 0) is 129 Å². The van der Waals surface area contributed by atoms with Crippen molar-refractivity contribution in [3.8, 4) is 0 Å². The van der Waals surface area contributed by atoms with Crippen molar-refractivity contribution in [2.45, 2.75) is 110 Å². The van der Waals surface area contributed by atoms with Gasteiger partial charge in [-0.25, -0.2) is 0 Å². The number of aliphatic hydroxyl groups is 1. The van der Waals surface area contributed by atoms with E-state index in [1.54, 1.807) is 0 Å². The number of hydrogen-bond donors (Lipinski definition) is 2. The number of hydrogen-bond acceptors (Lipinski definition) is 2. The van der Waals surface area contributed by atoms with Crippen LogP contribution < -0.4 is 5.32 Å². The van der Waals surface area contributed by atoms with E-state index in [-0.39, 0.29) is 6.10 Å². The molecule has 11 atom stereocenters. The first-order chi connectivity index (χ1) is 13.8. The molecule has 1 aliphatic heterocycles. The van der Waals surface area contributed by atoms with Crippen molar-refractivity contribution in [2.24, 2.45) is 52.3 Å². The fourth-order valence-corrected chi connectivity index (χ4v) is 9.89. The molecule has 2 N–H and O–H groups in total. The molecule has 4 aliphatic carbocycles. The standard InChI is InChI=1S/C27H47NO/c1-17-5-10-25(28-16-17)18(2)22-8-9-23-21-7-6-19-15-20(29)11-13-26(19,3)24(21)12-14-27(22,23)4/h17-25,28-29H,5-16H2,1-4H3. The van der Waals surface area contributed by atoms with Crippen molar-refractivity contribution in [2.75, 3.05) is 6.54 Å². The number of rotatable bonds is 2. The van der Waals surface area contributed by atoms with E-state index in [9.17, 15) is 5.11 Å². The molecule has 5 fully saturated rings. The maximum Gasteiger partial charge on any atom is 0.0543 e. The second kappa shape index (κ2) is 7.51. The zero-order chi connectivity index (χ0) is 20.4. The molecule has 4 saturated carbocycles. The summed E-state index contributed by atoms with van der Waals surface area (Å²) >= 11 is 0. The summed E-state index contributed by atoms with van der Waals surface area (Å²) in [6.07, 6.45) is 15.0. The van der Waals surface area contributed by atoms with Gasteiger partial charge >= 0.3 is 0 Å². The van der Waals surface area contributed by atoms with Crippen molar-refractivity contribution in [3.05, 3.63) is 0 Å². The smallest absolute Gasteiger partial charge is 0.0543 e. The molecule has 0 amide bonds. The van der Waals surface area contributed by atoms with Gasteiger partial charge in [0, 0.05) is 6.04 Å². The average molecular weight is 402 g/mol. The molecule has 0 aromatic carbocycles. The van der Waals surface area contributed by atoms with Crippen molar-refractivity contribution < 1.29 is 5.11 Å². The van der Waals surface area contributed by atoms with Crippen molar-refractivity contribution >= 4 is 0 Å². The van der Waals surface area contributed by atoms with Gasteiger partial charge in [-0.1, -0.05) is 27.7 Å². The van der Waals surface area contributed by atoms with Gasteiger partial charge in [0.2, 0.25) is 0 Å². The number of piperidine rings is 1. The number of fused-ring (bicyclic) bond motifs is 5. The fraction of sp³-hybridized carbons (Fsp3) is 1.00. The minimum absolute atomic E-state index is 0.0131. The Labute approximate surface area is 180 Å². The number of nitrogens with one attached hydrogen (secondary N) is 1. The minimum atomic E-state index is -0.0131. The van der Waals surface area contributed by atoms with Crippen LogP contribution >= 0.6 is 0 Å². The maximum absolute atomic E-state index is 10.3. The van der Waals surface area contributed by atoms with E-state index in [4.69, 9.17) is 0 Å². The van der Waals surface area contributed by atoms with Crippen LogP contribution in [0.3, 0.4) is 0 Å². The Hall–Kier alpha value is -0.0800. The summed E-state index contributed by atoms with van der Waals surface area (Å²) in [5, 5.41) is 14.2. The lowest BCUT2D eigenvalue weighted by Gasteiger charge is -2.61. The second-order valence-electron chi connectivity index (χ2n) is 12.9. The Balaban J connectivity index is 1.33.